The van der Waals surface area contributed by atoms with Gasteiger partial charge in [-0.2, -0.15) is 4.98 Å². The largest absolute Gasteiger partial charge is 0.497 e. The molecule has 0 N–H and O–H groups in total. The van der Waals surface area contributed by atoms with E-state index in [9.17, 15) is 4.79 Å². The molecule has 6 heteroatoms. The van der Waals surface area contributed by atoms with E-state index >= 15 is 0 Å². The molecule has 0 atom stereocenters. The average molecular weight is 407 g/mol. The first kappa shape index (κ1) is 17.7. The number of methoxy groups -OCH3 is 1. The van der Waals surface area contributed by atoms with E-state index in [1.165, 1.54) is 0 Å². The van der Waals surface area contributed by atoms with Crippen LogP contribution in [-0.4, -0.2) is 21.5 Å². The first-order chi connectivity index (χ1) is 15.2. The van der Waals surface area contributed by atoms with Crippen molar-refractivity contribution in [2.45, 2.75) is 6.92 Å². The molecule has 0 saturated heterocycles. The summed E-state index contributed by atoms with van der Waals surface area (Å²) in [4.78, 5) is 23.1. The lowest BCUT2D eigenvalue weighted by molar-refractivity contribution is 0.414. The van der Waals surface area contributed by atoms with Gasteiger partial charge in [-0.25, -0.2) is 4.98 Å². The monoisotopic (exact) mass is 407 g/mol. The fraction of sp³-hybridized carbons (Fsp3) is 0.0800. The van der Waals surface area contributed by atoms with Crippen molar-refractivity contribution in [2.75, 3.05) is 7.11 Å². The molecule has 0 amide bonds. The highest BCUT2D eigenvalue weighted by molar-refractivity contribution is 6.00. The average Bonchev–Trinajstić information content (AvgIpc) is 3.18. The molecule has 3 heterocycles. The molecule has 6 aromatic rings. The van der Waals surface area contributed by atoms with Gasteiger partial charge in [-0.15, -0.1) is 0 Å². The molecule has 3 aromatic carbocycles. The van der Waals surface area contributed by atoms with Crippen LogP contribution in [0.5, 0.6) is 5.75 Å². The zero-order valence-corrected chi connectivity index (χ0v) is 16.9. The summed E-state index contributed by atoms with van der Waals surface area (Å²) in [6.45, 7) is 2.04. The van der Waals surface area contributed by atoms with Crippen molar-refractivity contribution >= 4 is 38.7 Å². The Morgan fingerprint density at radius 3 is 2.61 bits per heavy atom. The second-order valence-electron chi connectivity index (χ2n) is 7.48. The maximum atomic E-state index is 13.5. The van der Waals surface area contributed by atoms with Crippen LogP contribution in [0.15, 0.2) is 75.9 Å². The molecule has 31 heavy (non-hydrogen) atoms. The Labute approximate surface area is 176 Å². The van der Waals surface area contributed by atoms with Gasteiger partial charge < -0.3 is 9.15 Å². The smallest absolute Gasteiger partial charge is 0.236 e. The van der Waals surface area contributed by atoms with Crippen LogP contribution in [0, 0.1) is 6.92 Å². The maximum Gasteiger partial charge on any atom is 0.236 e. The van der Waals surface area contributed by atoms with Crippen molar-refractivity contribution < 1.29 is 9.15 Å². The van der Waals surface area contributed by atoms with Gasteiger partial charge in [-0.1, -0.05) is 36.4 Å². The summed E-state index contributed by atoms with van der Waals surface area (Å²) in [7, 11) is 1.58. The highest BCUT2D eigenvalue weighted by Gasteiger charge is 2.21. The van der Waals surface area contributed by atoms with Gasteiger partial charge in [0.05, 0.1) is 23.5 Å². The maximum absolute atomic E-state index is 13.5. The number of rotatable bonds is 2. The van der Waals surface area contributed by atoms with Crippen LogP contribution >= 0.6 is 0 Å². The summed E-state index contributed by atoms with van der Waals surface area (Å²) >= 11 is 0. The molecule has 6 nitrogen and oxygen atoms in total. The normalized spacial score (nSPS) is 11.7. The van der Waals surface area contributed by atoms with E-state index in [4.69, 9.17) is 19.1 Å². The number of para-hydroxylation sites is 2. The Kier molecular flexibility index (Phi) is 3.65. The highest BCUT2D eigenvalue weighted by atomic mass is 16.5. The SMILES string of the molecule is COc1ccc2c(=O)c3c(nc(-c4ccccc4C)n4c5ccccc5nc34)oc2c1. The van der Waals surface area contributed by atoms with Crippen LogP contribution in [0.3, 0.4) is 0 Å². The Bertz CT molecular complexity index is 1710. The lowest BCUT2D eigenvalue weighted by Gasteiger charge is -2.11. The number of aromatic nitrogens is 3. The molecule has 0 aliphatic rings. The Balaban J connectivity index is 1.87. The number of hydrogen-bond donors (Lipinski definition) is 0. The van der Waals surface area contributed by atoms with E-state index < -0.39 is 0 Å². The molecule has 3 aromatic heterocycles. The molecular weight excluding hydrogens is 390 g/mol. The molecule has 0 aliphatic heterocycles. The van der Waals surface area contributed by atoms with Crippen LogP contribution < -0.4 is 10.2 Å². The number of imidazole rings is 1. The van der Waals surface area contributed by atoms with Crippen LogP contribution in [0.2, 0.25) is 0 Å². The zero-order valence-electron chi connectivity index (χ0n) is 16.9. The van der Waals surface area contributed by atoms with E-state index in [-0.39, 0.29) is 11.1 Å². The van der Waals surface area contributed by atoms with Crippen molar-refractivity contribution in [2.24, 2.45) is 0 Å². The minimum absolute atomic E-state index is 0.164. The molecular formula is C25H17N3O3. The quantitative estimate of drug-likeness (QED) is 0.372. The van der Waals surface area contributed by atoms with Gasteiger partial charge in [0.2, 0.25) is 11.1 Å². The van der Waals surface area contributed by atoms with Crippen LogP contribution in [0.25, 0.3) is 50.1 Å². The fourth-order valence-corrected chi connectivity index (χ4v) is 4.12. The Hall–Kier alpha value is -4.19. The third-order valence-electron chi connectivity index (χ3n) is 5.67. The van der Waals surface area contributed by atoms with E-state index in [2.05, 4.69) is 0 Å². The van der Waals surface area contributed by atoms with Gasteiger partial charge in [0, 0.05) is 11.6 Å². The number of ether oxygens (including phenoxy) is 1. The first-order valence-electron chi connectivity index (χ1n) is 9.93. The Morgan fingerprint density at radius 2 is 1.77 bits per heavy atom. The second-order valence-corrected chi connectivity index (χ2v) is 7.48. The minimum Gasteiger partial charge on any atom is -0.497 e. The summed E-state index contributed by atoms with van der Waals surface area (Å²) in [6, 6.07) is 21.0. The van der Waals surface area contributed by atoms with Crippen molar-refractivity contribution in [3.8, 4) is 17.1 Å². The summed E-state index contributed by atoms with van der Waals surface area (Å²) in [6.07, 6.45) is 0. The van der Waals surface area contributed by atoms with Crippen molar-refractivity contribution in [3.63, 3.8) is 0 Å². The highest BCUT2D eigenvalue weighted by Crippen LogP contribution is 2.31. The second kappa shape index (κ2) is 6.40. The van der Waals surface area contributed by atoms with Gasteiger partial charge in [-0.05, 0) is 36.8 Å². The third kappa shape index (κ3) is 2.48. The number of aryl methyl sites for hydroxylation is 1. The molecule has 0 aliphatic carbocycles. The molecule has 0 unspecified atom stereocenters. The van der Waals surface area contributed by atoms with Gasteiger partial charge in [0.15, 0.2) is 11.5 Å². The first-order valence-corrected chi connectivity index (χ1v) is 9.93. The fourth-order valence-electron chi connectivity index (χ4n) is 4.12. The molecule has 0 radical (unpaired) electrons. The van der Waals surface area contributed by atoms with Crippen LogP contribution in [0.4, 0.5) is 0 Å². The number of benzene rings is 3. The molecule has 0 bridgehead atoms. The molecule has 150 valence electrons. The number of nitrogens with zero attached hydrogens (tertiary/aromatic N) is 3. The summed E-state index contributed by atoms with van der Waals surface area (Å²) < 4.78 is 13.4. The molecule has 6 rings (SSSR count). The van der Waals surface area contributed by atoms with Crippen LogP contribution in [0.1, 0.15) is 5.56 Å². The summed E-state index contributed by atoms with van der Waals surface area (Å²) in [5.74, 6) is 1.29. The number of fused-ring (bicyclic) bond motifs is 6. The predicted octanol–water partition coefficient (Wildman–Crippen LogP) is 5.13. The number of hydrogen-bond acceptors (Lipinski definition) is 5. The summed E-state index contributed by atoms with van der Waals surface area (Å²) in [5, 5.41) is 0.832. The molecule has 0 fully saturated rings. The molecule has 0 saturated carbocycles. The van der Waals surface area contributed by atoms with Gasteiger partial charge in [0.1, 0.15) is 16.7 Å². The lowest BCUT2D eigenvalue weighted by atomic mass is 10.1. The van der Waals surface area contributed by atoms with E-state index in [1.54, 1.807) is 25.3 Å². The van der Waals surface area contributed by atoms with Crippen LogP contribution in [-0.2, 0) is 0 Å². The van der Waals surface area contributed by atoms with E-state index in [1.807, 2.05) is 59.9 Å². The van der Waals surface area contributed by atoms with Crippen molar-refractivity contribution in [1.82, 2.24) is 14.4 Å². The van der Waals surface area contributed by atoms with Gasteiger partial charge >= 0.3 is 0 Å². The molecule has 0 spiro atoms. The van der Waals surface area contributed by atoms with Gasteiger partial charge in [0.25, 0.3) is 0 Å². The van der Waals surface area contributed by atoms with E-state index in [0.29, 0.717) is 33.6 Å². The predicted molar refractivity (Wildman–Crippen MR) is 121 cm³/mol. The third-order valence-corrected chi connectivity index (χ3v) is 5.67. The lowest BCUT2D eigenvalue weighted by Crippen LogP contribution is -2.08. The topological polar surface area (TPSA) is 69.6 Å². The standard InChI is InChI=1S/C25H17N3O3/c1-14-7-3-4-8-16(14)23-27-25-21(24-26-18-9-5-6-10-19(18)28(23)24)22(29)17-12-11-15(30-2)13-20(17)31-25/h3-13H,1-2H3. The minimum atomic E-state index is -0.164. The summed E-state index contributed by atoms with van der Waals surface area (Å²) in [5.41, 5.74) is 4.76. The van der Waals surface area contributed by atoms with Gasteiger partial charge in [-0.3, -0.25) is 9.20 Å². The zero-order chi connectivity index (χ0) is 21.1. The van der Waals surface area contributed by atoms with Crippen molar-refractivity contribution in [3.05, 3.63) is 82.5 Å². The van der Waals surface area contributed by atoms with E-state index in [0.717, 1.165) is 22.2 Å². The Morgan fingerprint density at radius 1 is 0.968 bits per heavy atom. The van der Waals surface area contributed by atoms with Crippen molar-refractivity contribution in [1.29, 1.82) is 0 Å².